The van der Waals surface area contributed by atoms with Crippen LogP contribution in [0.15, 0.2) is 36.9 Å². The molecule has 0 bridgehead atoms. The molecule has 1 amide bonds. The van der Waals surface area contributed by atoms with Crippen molar-refractivity contribution in [2.45, 2.75) is 65.1 Å². The Morgan fingerprint density at radius 2 is 1.94 bits per heavy atom. The summed E-state index contributed by atoms with van der Waals surface area (Å²) in [5, 5.41) is 6.71. The van der Waals surface area contributed by atoms with Crippen molar-refractivity contribution >= 4 is 22.8 Å². The van der Waals surface area contributed by atoms with Crippen LogP contribution in [-0.4, -0.2) is 41.4 Å². The Balaban J connectivity index is 1.45. The molecule has 9 heteroatoms. The minimum atomic E-state index is -0.806. The van der Waals surface area contributed by atoms with E-state index >= 15 is 0 Å². The van der Waals surface area contributed by atoms with Gasteiger partial charge in [-0.2, -0.15) is 0 Å². The topological polar surface area (TPSA) is 111 Å². The number of rotatable bonds is 6. The van der Waals surface area contributed by atoms with Crippen LogP contribution in [0.5, 0.6) is 0 Å². The Kier molecular flexibility index (Phi) is 5.33. The van der Waals surface area contributed by atoms with Gasteiger partial charge in [-0.25, -0.2) is 24.9 Å². The second-order valence-corrected chi connectivity index (χ2v) is 10.1. The molecule has 184 valence electrons. The maximum absolute atomic E-state index is 13.1. The van der Waals surface area contributed by atoms with Crippen LogP contribution in [0.2, 0.25) is 0 Å². The molecular weight excluding hydrogens is 452 g/mol. The molecule has 0 saturated heterocycles. The van der Waals surface area contributed by atoms with E-state index < -0.39 is 5.54 Å². The second kappa shape index (κ2) is 8.44. The van der Waals surface area contributed by atoms with Crippen LogP contribution in [0.25, 0.3) is 33.8 Å². The maximum Gasteiger partial charge on any atom is 0.249 e. The Morgan fingerprint density at radius 1 is 1.17 bits per heavy atom. The van der Waals surface area contributed by atoms with Crippen LogP contribution in [0.1, 0.15) is 51.4 Å². The number of hydrogen-bond acceptors (Lipinski definition) is 7. The normalized spacial score (nSPS) is 20.3. The monoisotopic (exact) mass is 482 g/mol. The average molecular weight is 483 g/mol. The van der Waals surface area contributed by atoms with E-state index in [1.165, 1.54) is 19.3 Å². The van der Waals surface area contributed by atoms with Crippen molar-refractivity contribution in [2.24, 2.45) is 5.92 Å². The zero-order valence-electron chi connectivity index (χ0n) is 21.0. The lowest BCUT2D eigenvalue weighted by molar-refractivity contribution is -0.121. The van der Waals surface area contributed by atoms with Crippen molar-refractivity contribution in [3.05, 3.63) is 48.3 Å². The molecule has 1 saturated carbocycles. The molecule has 4 aromatic rings. The van der Waals surface area contributed by atoms with E-state index in [2.05, 4.69) is 55.1 Å². The number of benzene rings is 1. The zero-order valence-corrected chi connectivity index (χ0v) is 21.0. The third kappa shape index (κ3) is 3.49. The van der Waals surface area contributed by atoms with Gasteiger partial charge in [0.15, 0.2) is 5.65 Å². The van der Waals surface area contributed by atoms with Gasteiger partial charge in [0.1, 0.15) is 34.7 Å². The van der Waals surface area contributed by atoms with Crippen LogP contribution in [-0.2, 0) is 16.9 Å². The summed E-state index contributed by atoms with van der Waals surface area (Å²) >= 11 is 0. The van der Waals surface area contributed by atoms with Crippen molar-refractivity contribution in [3.8, 4) is 22.6 Å². The Morgan fingerprint density at radius 3 is 2.64 bits per heavy atom. The number of carbonyl (C=O) groups excluding carboxylic acids is 1. The van der Waals surface area contributed by atoms with Crippen molar-refractivity contribution in [1.82, 2.24) is 34.8 Å². The Bertz CT molecular complexity index is 1470. The number of aromatic nitrogens is 6. The first-order valence-electron chi connectivity index (χ1n) is 12.6. The molecule has 1 fully saturated rings. The fourth-order valence-electron chi connectivity index (χ4n) is 5.42. The van der Waals surface area contributed by atoms with Gasteiger partial charge < -0.3 is 9.88 Å². The van der Waals surface area contributed by atoms with Gasteiger partial charge in [-0.3, -0.25) is 10.1 Å². The van der Waals surface area contributed by atoms with E-state index in [1.54, 1.807) is 18.7 Å². The molecule has 9 nitrogen and oxygen atoms in total. The molecule has 6 rings (SSSR count). The minimum absolute atomic E-state index is 0.0226. The van der Waals surface area contributed by atoms with E-state index in [0.717, 1.165) is 39.5 Å². The first-order valence-corrected chi connectivity index (χ1v) is 12.6. The molecular formula is C27H30N8O. The molecule has 2 N–H and O–H groups in total. The van der Waals surface area contributed by atoms with Gasteiger partial charge in [-0.1, -0.05) is 12.5 Å². The van der Waals surface area contributed by atoms with Crippen molar-refractivity contribution in [3.63, 3.8) is 0 Å². The fourth-order valence-corrected chi connectivity index (χ4v) is 5.42. The van der Waals surface area contributed by atoms with Crippen LogP contribution in [0.4, 0.5) is 5.69 Å². The molecule has 4 heterocycles. The number of hydrogen-bond donors (Lipinski definition) is 2. The van der Waals surface area contributed by atoms with E-state index in [1.807, 2.05) is 26.0 Å². The largest absolute Gasteiger partial charge is 0.324 e. The number of imidazole rings is 1. The lowest BCUT2D eigenvalue weighted by Crippen LogP contribution is -2.52. The van der Waals surface area contributed by atoms with Gasteiger partial charge in [-0.15, -0.1) is 0 Å². The molecule has 3 aromatic heterocycles. The summed E-state index contributed by atoms with van der Waals surface area (Å²) < 4.78 is 2.05. The predicted octanol–water partition coefficient (Wildman–Crippen LogP) is 4.22. The molecule has 2 atom stereocenters. The SMILES string of the molecule is CCn1c(-c2cnc(C)nc2)nc2c(-c3ccc4c(c3)C(C)(NC(C)C3CCC3)C(=O)N4)ncnc21. The molecule has 36 heavy (non-hydrogen) atoms. The highest BCUT2D eigenvalue weighted by Crippen LogP contribution is 2.41. The summed E-state index contributed by atoms with van der Waals surface area (Å²) in [6.07, 6.45) is 8.85. The van der Waals surface area contributed by atoms with Crippen LogP contribution in [0, 0.1) is 12.8 Å². The van der Waals surface area contributed by atoms with E-state index in [4.69, 9.17) is 4.98 Å². The molecule has 0 radical (unpaired) electrons. The van der Waals surface area contributed by atoms with E-state index in [9.17, 15) is 4.79 Å². The summed E-state index contributed by atoms with van der Waals surface area (Å²) in [5.74, 6) is 2.06. The van der Waals surface area contributed by atoms with Crippen LogP contribution >= 0.6 is 0 Å². The number of aryl methyl sites for hydroxylation is 2. The van der Waals surface area contributed by atoms with Crippen LogP contribution < -0.4 is 10.6 Å². The third-order valence-corrected chi connectivity index (χ3v) is 7.79. The summed E-state index contributed by atoms with van der Waals surface area (Å²) in [7, 11) is 0. The Labute approximate surface area is 209 Å². The van der Waals surface area contributed by atoms with E-state index in [0.29, 0.717) is 23.8 Å². The van der Waals surface area contributed by atoms with Crippen molar-refractivity contribution in [2.75, 3.05) is 5.32 Å². The van der Waals surface area contributed by atoms with Crippen LogP contribution in [0.3, 0.4) is 0 Å². The molecule has 1 aliphatic heterocycles. The predicted molar refractivity (Wildman–Crippen MR) is 138 cm³/mol. The lowest BCUT2D eigenvalue weighted by Gasteiger charge is -2.37. The van der Waals surface area contributed by atoms with Gasteiger partial charge in [0.05, 0.1) is 5.56 Å². The van der Waals surface area contributed by atoms with E-state index in [-0.39, 0.29) is 11.9 Å². The molecule has 1 aromatic carbocycles. The number of nitrogens with zero attached hydrogens (tertiary/aromatic N) is 6. The number of amides is 1. The molecule has 2 aliphatic rings. The highest BCUT2D eigenvalue weighted by atomic mass is 16.2. The minimum Gasteiger partial charge on any atom is -0.324 e. The van der Waals surface area contributed by atoms with Gasteiger partial charge in [0.2, 0.25) is 5.91 Å². The van der Waals surface area contributed by atoms with Gasteiger partial charge in [0, 0.05) is 41.8 Å². The second-order valence-electron chi connectivity index (χ2n) is 10.1. The van der Waals surface area contributed by atoms with Crippen molar-refractivity contribution < 1.29 is 4.79 Å². The van der Waals surface area contributed by atoms with Gasteiger partial charge >= 0.3 is 0 Å². The maximum atomic E-state index is 13.1. The lowest BCUT2D eigenvalue weighted by atomic mass is 9.79. The Hall–Kier alpha value is -3.72. The molecule has 0 spiro atoms. The van der Waals surface area contributed by atoms with Gasteiger partial charge in [0.25, 0.3) is 0 Å². The number of fused-ring (bicyclic) bond motifs is 2. The smallest absolute Gasteiger partial charge is 0.249 e. The molecule has 1 aliphatic carbocycles. The third-order valence-electron chi connectivity index (χ3n) is 7.79. The first-order chi connectivity index (χ1) is 17.4. The van der Waals surface area contributed by atoms with Gasteiger partial charge in [-0.05, 0) is 58.6 Å². The van der Waals surface area contributed by atoms with Crippen molar-refractivity contribution in [1.29, 1.82) is 0 Å². The molecule has 2 unspecified atom stereocenters. The standard InChI is InChI=1S/C27H30N8O/c1-5-35-24(19-12-28-16(3)29-13-19)33-23-22(30-14-31-25(23)35)18-9-10-21-20(11-18)27(4,26(36)32-21)34-15(2)17-7-6-8-17/h9-15,17,34H,5-8H2,1-4H3,(H,32,36). The fraction of sp³-hybridized carbons (Fsp3) is 0.407. The quantitative estimate of drug-likeness (QED) is 0.423. The first kappa shape index (κ1) is 22.7. The number of anilines is 1. The zero-order chi connectivity index (χ0) is 25.0. The number of carbonyl (C=O) groups is 1. The summed E-state index contributed by atoms with van der Waals surface area (Å²) in [5.41, 5.74) is 4.90. The summed E-state index contributed by atoms with van der Waals surface area (Å²) in [6, 6.07) is 6.27. The average Bonchev–Trinajstić information content (AvgIpc) is 3.32. The highest BCUT2D eigenvalue weighted by molar-refractivity contribution is 6.06. The highest BCUT2D eigenvalue weighted by Gasteiger charge is 2.45. The number of nitrogens with one attached hydrogen (secondary N) is 2. The summed E-state index contributed by atoms with van der Waals surface area (Å²) in [6.45, 7) is 8.78. The summed E-state index contributed by atoms with van der Waals surface area (Å²) in [4.78, 5) is 36.0.